The maximum absolute atomic E-state index is 12.4. The number of rotatable bonds is 5. The van der Waals surface area contributed by atoms with Gasteiger partial charge in [0.15, 0.2) is 0 Å². The van der Waals surface area contributed by atoms with E-state index in [1.54, 1.807) is 19.4 Å². The van der Waals surface area contributed by atoms with Gasteiger partial charge in [0.25, 0.3) is 0 Å². The summed E-state index contributed by atoms with van der Waals surface area (Å²) in [6.45, 7) is 6.13. The van der Waals surface area contributed by atoms with E-state index in [0.29, 0.717) is 13.0 Å². The lowest BCUT2D eigenvalue weighted by Gasteiger charge is -2.49. The minimum absolute atomic E-state index is 0.00251. The fraction of sp³-hybridized carbons (Fsp3) is 0.421. The minimum Gasteiger partial charge on any atom is -0.352 e. The maximum Gasteiger partial charge on any atom is 0.223 e. The van der Waals surface area contributed by atoms with E-state index in [-0.39, 0.29) is 28.9 Å². The fourth-order valence-electron chi connectivity index (χ4n) is 3.57. The van der Waals surface area contributed by atoms with Crippen LogP contribution in [0.15, 0.2) is 43.0 Å². The van der Waals surface area contributed by atoms with Crippen LogP contribution in [0.25, 0.3) is 5.69 Å². The summed E-state index contributed by atoms with van der Waals surface area (Å²) in [5, 5.41) is 3.00. The number of hydrogen-bond acceptors (Lipinski definition) is 3. The Labute approximate surface area is 142 Å². The van der Waals surface area contributed by atoms with Gasteiger partial charge in [-0.15, -0.1) is 0 Å². The summed E-state index contributed by atoms with van der Waals surface area (Å²) < 4.78 is 1.93. The van der Waals surface area contributed by atoms with Crippen LogP contribution in [0.1, 0.15) is 32.8 Å². The first-order valence-corrected chi connectivity index (χ1v) is 8.25. The monoisotopic (exact) mass is 325 g/mol. The molecule has 1 aromatic heterocycles. The van der Waals surface area contributed by atoms with E-state index in [4.69, 9.17) is 0 Å². The molecule has 1 amide bonds. The highest BCUT2D eigenvalue weighted by Crippen LogP contribution is 2.51. The molecule has 1 aliphatic rings. The van der Waals surface area contributed by atoms with Gasteiger partial charge < -0.3 is 9.88 Å². The third kappa shape index (κ3) is 2.98. The van der Waals surface area contributed by atoms with Crippen molar-refractivity contribution in [2.24, 2.45) is 17.3 Å². The van der Waals surface area contributed by atoms with Crippen LogP contribution in [-0.2, 0) is 16.1 Å². The van der Waals surface area contributed by atoms with Gasteiger partial charge in [-0.3, -0.25) is 9.59 Å². The first-order chi connectivity index (χ1) is 11.4. The van der Waals surface area contributed by atoms with Gasteiger partial charge in [0.2, 0.25) is 5.91 Å². The molecule has 0 unspecified atom stereocenters. The zero-order valence-electron chi connectivity index (χ0n) is 14.3. The van der Waals surface area contributed by atoms with Crippen molar-refractivity contribution in [3.05, 3.63) is 48.5 Å². The van der Waals surface area contributed by atoms with E-state index in [9.17, 15) is 9.59 Å². The summed E-state index contributed by atoms with van der Waals surface area (Å²) in [5.41, 5.74) is 1.83. The molecule has 24 heavy (non-hydrogen) atoms. The van der Waals surface area contributed by atoms with Gasteiger partial charge in [0.1, 0.15) is 5.78 Å². The highest BCUT2D eigenvalue weighted by atomic mass is 16.2. The highest BCUT2D eigenvalue weighted by molar-refractivity contribution is 5.87. The molecule has 0 spiro atoms. The molecular formula is C19H23N3O2. The number of Topliss-reactive ketones (excluding diaryl/α,β-unsaturated/α-hetero) is 1. The van der Waals surface area contributed by atoms with Crippen molar-refractivity contribution in [1.29, 1.82) is 0 Å². The van der Waals surface area contributed by atoms with Crippen molar-refractivity contribution in [2.75, 3.05) is 0 Å². The molecular weight excluding hydrogens is 302 g/mol. The number of nitrogens with one attached hydrogen (secondary N) is 1. The summed E-state index contributed by atoms with van der Waals surface area (Å²) in [5.74, 6) is 0.134. The SMILES string of the molecule is CC(=O)[C@@H]1C[C@H](C(=O)NCc2ccc(-n3ccnc3)cc2)C1(C)C. The third-order valence-electron chi connectivity index (χ3n) is 5.28. The molecule has 0 radical (unpaired) electrons. The Hall–Kier alpha value is -2.43. The van der Waals surface area contributed by atoms with Gasteiger partial charge in [-0.1, -0.05) is 26.0 Å². The molecule has 2 atom stereocenters. The van der Waals surface area contributed by atoms with Crippen LogP contribution in [0, 0.1) is 17.3 Å². The third-order valence-corrected chi connectivity index (χ3v) is 5.28. The lowest BCUT2D eigenvalue weighted by atomic mass is 9.53. The van der Waals surface area contributed by atoms with Crippen LogP contribution in [0.5, 0.6) is 0 Å². The molecule has 0 saturated heterocycles. The van der Waals surface area contributed by atoms with Crippen molar-refractivity contribution in [1.82, 2.24) is 14.9 Å². The predicted molar refractivity (Wildman–Crippen MR) is 91.5 cm³/mol. The molecule has 3 rings (SSSR count). The van der Waals surface area contributed by atoms with Gasteiger partial charge in [0.05, 0.1) is 6.33 Å². The van der Waals surface area contributed by atoms with Crippen molar-refractivity contribution in [3.63, 3.8) is 0 Å². The number of carbonyl (C=O) groups excluding carboxylic acids is 2. The van der Waals surface area contributed by atoms with Gasteiger partial charge in [0, 0.05) is 36.5 Å². The van der Waals surface area contributed by atoms with Gasteiger partial charge in [-0.25, -0.2) is 4.98 Å². The first-order valence-electron chi connectivity index (χ1n) is 8.25. The van der Waals surface area contributed by atoms with Gasteiger partial charge in [-0.05, 0) is 36.5 Å². The summed E-state index contributed by atoms with van der Waals surface area (Å²) in [7, 11) is 0. The average Bonchev–Trinajstić information content (AvgIpc) is 3.06. The Morgan fingerprint density at radius 1 is 1.25 bits per heavy atom. The molecule has 2 aromatic rings. The van der Waals surface area contributed by atoms with Crippen LogP contribution >= 0.6 is 0 Å². The van der Waals surface area contributed by atoms with Crippen molar-refractivity contribution < 1.29 is 9.59 Å². The summed E-state index contributed by atoms with van der Waals surface area (Å²) >= 11 is 0. The van der Waals surface area contributed by atoms with E-state index < -0.39 is 0 Å². The Balaban J connectivity index is 1.56. The van der Waals surface area contributed by atoms with Crippen LogP contribution in [0.3, 0.4) is 0 Å². The van der Waals surface area contributed by atoms with E-state index in [0.717, 1.165) is 11.3 Å². The summed E-state index contributed by atoms with van der Waals surface area (Å²) in [4.78, 5) is 28.0. The Morgan fingerprint density at radius 3 is 2.50 bits per heavy atom. The van der Waals surface area contributed by atoms with Gasteiger partial charge in [-0.2, -0.15) is 0 Å². The van der Waals surface area contributed by atoms with E-state index in [2.05, 4.69) is 10.3 Å². The molecule has 1 heterocycles. The fourth-order valence-corrected chi connectivity index (χ4v) is 3.57. The zero-order valence-corrected chi connectivity index (χ0v) is 14.3. The maximum atomic E-state index is 12.4. The number of aromatic nitrogens is 2. The number of hydrogen-bond donors (Lipinski definition) is 1. The van der Waals surface area contributed by atoms with E-state index >= 15 is 0 Å². The van der Waals surface area contributed by atoms with E-state index in [1.807, 2.05) is 48.9 Å². The number of benzene rings is 1. The number of nitrogens with zero attached hydrogens (tertiary/aromatic N) is 2. The van der Waals surface area contributed by atoms with Crippen LogP contribution < -0.4 is 5.32 Å². The van der Waals surface area contributed by atoms with Crippen LogP contribution in [0.4, 0.5) is 0 Å². The molecule has 1 aliphatic carbocycles. The first kappa shape index (κ1) is 16.4. The molecule has 1 N–H and O–H groups in total. The molecule has 5 nitrogen and oxygen atoms in total. The van der Waals surface area contributed by atoms with Gasteiger partial charge >= 0.3 is 0 Å². The van der Waals surface area contributed by atoms with Crippen molar-refractivity contribution in [3.8, 4) is 5.69 Å². The van der Waals surface area contributed by atoms with E-state index in [1.165, 1.54) is 0 Å². The summed E-state index contributed by atoms with van der Waals surface area (Å²) in [6, 6.07) is 8.00. The Kier molecular flexibility index (Phi) is 4.26. The van der Waals surface area contributed by atoms with Crippen molar-refractivity contribution in [2.45, 2.75) is 33.7 Å². The topological polar surface area (TPSA) is 64.0 Å². The average molecular weight is 325 g/mol. The summed E-state index contributed by atoms with van der Waals surface area (Å²) in [6.07, 6.45) is 6.04. The largest absolute Gasteiger partial charge is 0.352 e. The quantitative estimate of drug-likeness (QED) is 0.919. The molecule has 0 aliphatic heterocycles. The molecule has 5 heteroatoms. The second kappa shape index (κ2) is 6.23. The smallest absolute Gasteiger partial charge is 0.223 e. The number of ketones is 1. The molecule has 1 fully saturated rings. The number of amides is 1. The standard InChI is InChI=1S/C19H23N3O2/c1-13(23)16-10-17(19(16,2)3)18(24)21-11-14-4-6-15(7-5-14)22-9-8-20-12-22/h4-9,12,16-17H,10-11H2,1-3H3,(H,21,24)/t16-,17+/m0/s1. The Bertz CT molecular complexity index is 732. The Morgan fingerprint density at radius 2 is 1.96 bits per heavy atom. The van der Waals surface area contributed by atoms with Crippen molar-refractivity contribution >= 4 is 11.7 Å². The zero-order chi connectivity index (χ0) is 17.3. The molecule has 1 saturated carbocycles. The highest BCUT2D eigenvalue weighted by Gasteiger charge is 2.53. The lowest BCUT2D eigenvalue weighted by Crippen LogP contribution is -2.54. The van der Waals surface area contributed by atoms with Crippen LogP contribution in [-0.4, -0.2) is 21.2 Å². The van der Waals surface area contributed by atoms with Crippen LogP contribution in [0.2, 0.25) is 0 Å². The lowest BCUT2D eigenvalue weighted by molar-refractivity contribution is -0.148. The second-order valence-electron chi connectivity index (χ2n) is 7.13. The minimum atomic E-state index is -0.249. The normalized spacial score (nSPS) is 21.8. The second-order valence-corrected chi connectivity index (χ2v) is 7.13. The number of carbonyl (C=O) groups is 2. The number of imidazole rings is 1. The molecule has 0 bridgehead atoms. The molecule has 126 valence electrons. The molecule has 1 aromatic carbocycles. The predicted octanol–water partition coefficient (Wildman–Crippen LogP) is 2.74.